The third-order valence-corrected chi connectivity index (χ3v) is 2.81. The fraction of sp³-hybridized carbons (Fsp3) is 0.385. The van der Waals surface area contributed by atoms with Crippen LogP contribution in [0.1, 0.15) is 30.9 Å². The summed E-state index contributed by atoms with van der Waals surface area (Å²) < 4.78 is 0. The van der Waals surface area contributed by atoms with Gasteiger partial charge in [0, 0.05) is 0 Å². The molecule has 2 atom stereocenters. The number of aliphatic carboxylic acids is 2. The van der Waals surface area contributed by atoms with E-state index in [2.05, 4.69) is 0 Å². The molecule has 2 N–H and O–H groups in total. The molecule has 4 heteroatoms. The van der Waals surface area contributed by atoms with E-state index < -0.39 is 23.8 Å². The largest absolute Gasteiger partial charge is 0.481 e. The third kappa shape index (κ3) is 3.59. The maximum atomic E-state index is 10.8. The average Bonchev–Trinajstić information content (AvgIpc) is 2.28. The Labute approximate surface area is 99.9 Å². The Bertz CT molecular complexity index is 408. The topological polar surface area (TPSA) is 74.6 Å². The predicted octanol–water partition coefficient (Wildman–Crippen LogP) is 2.14. The highest BCUT2D eigenvalue weighted by Gasteiger charge is 2.14. The lowest BCUT2D eigenvalue weighted by atomic mass is 9.96. The van der Waals surface area contributed by atoms with Crippen LogP contribution in [-0.4, -0.2) is 22.2 Å². The quantitative estimate of drug-likeness (QED) is 0.821. The minimum Gasteiger partial charge on any atom is -0.481 e. The predicted molar refractivity (Wildman–Crippen MR) is 63.0 cm³/mol. The summed E-state index contributed by atoms with van der Waals surface area (Å²) in [5, 5.41) is 17.6. The summed E-state index contributed by atoms with van der Waals surface area (Å²) in [6.45, 7) is 3.27. The Morgan fingerprint density at radius 2 is 1.59 bits per heavy atom. The van der Waals surface area contributed by atoms with Crippen molar-refractivity contribution in [1.29, 1.82) is 0 Å². The van der Waals surface area contributed by atoms with Crippen molar-refractivity contribution in [3.05, 3.63) is 35.4 Å². The zero-order chi connectivity index (χ0) is 13.0. The van der Waals surface area contributed by atoms with E-state index in [0.717, 1.165) is 11.1 Å². The lowest BCUT2D eigenvalue weighted by Gasteiger charge is -2.09. The molecule has 1 aromatic carbocycles. The van der Waals surface area contributed by atoms with E-state index in [4.69, 9.17) is 10.2 Å². The number of hydrogen-bond donors (Lipinski definition) is 2. The molecule has 0 bridgehead atoms. The van der Waals surface area contributed by atoms with Crippen LogP contribution in [0, 0.1) is 5.92 Å². The highest BCUT2D eigenvalue weighted by molar-refractivity contribution is 5.75. The molecule has 1 aromatic rings. The van der Waals surface area contributed by atoms with Crippen molar-refractivity contribution in [3.8, 4) is 0 Å². The molecule has 0 amide bonds. The van der Waals surface area contributed by atoms with E-state index in [1.54, 1.807) is 38.1 Å². The van der Waals surface area contributed by atoms with Crippen molar-refractivity contribution in [3.63, 3.8) is 0 Å². The standard InChI is InChI=1S/C13H16O4/c1-8(12(14)15)7-10-3-5-11(6-4-10)9(2)13(16)17/h3-6,8-9H,7H2,1-2H3,(H,14,15)(H,16,17)/t8-,9+/m1/s1. The van der Waals surface area contributed by atoms with Crippen LogP contribution in [0.15, 0.2) is 24.3 Å². The Morgan fingerprint density at radius 3 is 2.00 bits per heavy atom. The van der Waals surface area contributed by atoms with Gasteiger partial charge in [-0.3, -0.25) is 9.59 Å². The number of carboxylic acid groups (broad SMARTS) is 2. The number of carboxylic acids is 2. The summed E-state index contributed by atoms with van der Waals surface area (Å²) in [4.78, 5) is 21.5. The van der Waals surface area contributed by atoms with E-state index in [9.17, 15) is 9.59 Å². The van der Waals surface area contributed by atoms with Crippen molar-refractivity contribution >= 4 is 11.9 Å². The lowest BCUT2D eigenvalue weighted by Crippen LogP contribution is -2.12. The van der Waals surface area contributed by atoms with Crippen LogP contribution in [-0.2, 0) is 16.0 Å². The minimum atomic E-state index is -0.864. The van der Waals surface area contributed by atoms with Gasteiger partial charge in [0.2, 0.25) is 0 Å². The number of carbonyl (C=O) groups is 2. The van der Waals surface area contributed by atoms with E-state index in [1.807, 2.05) is 0 Å². The molecule has 0 unspecified atom stereocenters. The normalized spacial score (nSPS) is 14.0. The van der Waals surface area contributed by atoms with Crippen LogP contribution >= 0.6 is 0 Å². The van der Waals surface area contributed by atoms with E-state index >= 15 is 0 Å². The highest BCUT2D eigenvalue weighted by Crippen LogP contribution is 2.17. The maximum Gasteiger partial charge on any atom is 0.310 e. The van der Waals surface area contributed by atoms with Crippen LogP contribution < -0.4 is 0 Å². The second kappa shape index (κ2) is 5.48. The molecule has 0 radical (unpaired) electrons. The second-order valence-corrected chi connectivity index (χ2v) is 4.24. The fourth-order valence-electron chi connectivity index (χ4n) is 1.53. The first-order valence-corrected chi connectivity index (χ1v) is 5.46. The molecule has 1 rings (SSSR count). The molecule has 17 heavy (non-hydrogen) atoms. The van der Waals surface area contributed by atoms with Crippen molar-refractivity contribution in [2.24, 2.45) is 5.92 Å². The van der Waals surface area contributed by atoms with Gasteiger partial charge in [-0.1, -0.05) is 31.2 Å². The molecule has 0 aliphatic carbocycles. The van der Waals surface area contributed by atoms with Gasteiger partial charge in [0.05, 0.1) is 11.8 Å². The van der Waals surface area contributed by atoms with E-state index in [0.29, 0.717) is 6.42 Å². The zero-order valence-electron chi connectivity index (χ0n) is 9.88. The summed E-state index contributed by atoms with van der Waals surface area (Å²) in [5.74, 6) is -2.66. The Morgan fingerprint density at radius 1 is 1.06 bits per heavy atom. The summed E-state index contributed by atoms with van der Waals surface area (Å²) >= 11 is 0. The molecule has 92 valence electrons. The monoisotopic (exact) mass is 236 g/mol. The highest BCUT2D eigenvalue weighted by atomic mass is 16.4. The second-order valence-electron chi connectivity index (χ2n) is 4.24. The van der Waals surface area contributed by atoms with Crippen LogP contribution in [0.5, 0.6) is 0 Å². The van der Waals surface area contributed by atoms with Gasteiger partial charge < -0.3 is 10.2 Å². The Hall–Kier alpha value is -1.84. The van der Waals surface area contributed by atoms with Crippen LogP contribution in [0.2, 0.25) is 0 Å². The third-order valence-electron chi connectivity index (χ3n) is 2.81. The van der Waals surface area contributed by atoms with Crippen molar-refractivity contribution in [1.82, 2.24) is 0 Å². The zero-order valence-corrected chi connectivity index (χ0v) is 9.88. The molecule has 0 saturated heterocycles. The first-order valence-electron chi connectivity index (χ1n) is 5.46. The maximum absolute atomic E-state index is 10.8. The number of hydrogen-bond acceptors (Lipinski definition) is 2. The summed E-state index contributed by atoms with van der Waals surface area (Å²) in [6.07, 6.45) is 0.455. The molecule has 0 fully saturated rings. The van der Waals surface area contributed by atoms with Crippen LogP contribution in [0.3, 0.4) is 0 Å². The van der Waals surface area contributed by atoms with Gasteiger partial charge in [0.25, 0.3) is 0 Å². The van der Waals surface area contributed by atoms with Crippen molar-refractivity contribution in [2.75, 3.05) is 0 Å². The van der Waals surface area contributed by atoms with Crippen LogP contribution in [0.4, 0.5) is 0 Å². The molecule has 0 heterocycles. The Balaban J connectivity index is 2.75. The van der Waals surface area contributed by atoms with Gasteiger partial charge in [-0.2, -0.15) is 0 Å². The first-order chi connectivity index (χ1) is 7.91. The van der Waals surface area contributed by atoms with E-state index in [-0.39, 0.29) is 0 Å². The minimum absolute atomic E-state index is 0.433. The molecule has 4 nitrogen and oxygen atoms in total. The smallest absolute Gasteiger partial charge is 0.310 e. The fourth-order valence-corrected chi connectivity index (χ4v) is 1.53. The molecular weight excluding hydrogens is 220 g/mol. The number of benzene rings is 1. The van der Waals surface area contributed by atoms with Gasteiger partial charge in [0.1, 0.15) is 0 Å². The lowest BCUT2D eigenvalue weighted by molar-refractivity contribution is -0.141. The Kier molecular flexibility index (Phi) is 4.26. The van der Waals surface area contributed by atoms with Gasteiger partial charge in [-0.05, 0) is 24.5 Å². The average molecular weight is 236 g/mol. The molecule has 0 aliphatic heterocycles. The van der Waals surface area contributed by atoms with Gasteiger partial charge in [0.15, 0.2) is 0 Å². The van der Waals surface area contributed by atoms with Gasteiger partial charge >= 0.3 is 11.9 Å². The molecule has 0 aromatic heterocycles. The molecule has 0 saturated carbocycles. The first kappa shape index (κ1) is 13.2. The van der Waals surface area contributed by atoms with Crippen LogP contribution in [0.25, 0.3) is 0 Å². The van der Waals surface area contributed by atoms with E-state index in [1.165, 1.54) is 0 Å². The van der Waals surface area contributed by atoms with Gasteiger partial charge in [-0.25, -0.2) is 0 Å². The van der Waals surface area contributed by atoms with Crippen molar-refractivity contribution in [2.45, 2.75) is 26.2 Å². The molecular formula is C13H16O4. The SMILES string of the molecule is C[C@H](Cc1ccc([C@H](C)C(=O)O)cc1)C(=O)O. The summed E-state index contributed by atoms with van der Waals surface area (Å²) in [5.41, 5.74) is 1.63. The van der Waals surface area contributed by atoms with Crippen molar-refractivity contribution < 1.29 is 19.8 Å². The molecule has 0 aliphatic rings. The van der Waals surface area contributed by atoms with Gasteiger partial charge in [-0.15, -0.1) is 0 Å². The summed E-state index contributed by atoms with van der Waals surface area (Å²) in [7, 11) is 0. The number of rotatable bonds is 5. The summed E-state index contributed by atoms with van der Waals surface area (Å²) in [6, 6.07) is 7.05. The molecule has 0 spiro atoms.